The van der Waals surface area contributed by atoms with Crippen molar-refractivity contribution in [1.29, 1.82) is 0 Å². The molecular weight excluding hydrogens is 504 g/mol. The van der Waals surface area contributed by atoms with Crippen molar-refractivity contribution in [3.05, 3.63) is 53.3 Å². The molecular formula is C34H50O6. The third kappa shape index (κ3) is 10.7. The van der Waals surface area contributed by atoms with Crippen LogP contribution in [0, 0.1) is 5.92 Å². The number of benzene rings is 1. The van der Waals surface area contributed by atoms with Gasteiger partial charge >= 0.3 is 11.9 Å². The summed E-state index contributed by atoms with van der Waals surface area (Å²) in [6.07, 6.45) is 17.9. The van der Waals surface area contributed by atoms with Crippen LogP contribution in [0.5, 0.6) is 5.95 Å². The summed E-state index contributed by atoms with van der Waals surface area (Å²) in [5, 5.41) is 9.64. The van der Waals surface area contributed by atoms with Crippen molar-refractivity contribution in [2.24, 2.45) is 5.92 Å². The standard InChI is InChI=1S/C34H50O6/c1-3-4-5-6-7-8-9-10-11-12-13-17-24-38-31-25-30(32(40-31)33(35)36)26(2)39-34(37)29-22-20-28(21-23-29)27-18-15-14-16-19-27/h14-16,18-19,25-26,28-29H,3-13,17,20-24H2,1-2H3,(H,35,36). The first-order valence-electron chi connectivity index (χ1n) is 15.7. The third-order valence-electron chi connectivity index (χ3n) is 8.24. The van der Waals surface area contributed by atoms with Gasteiger partial charge in [0.25, 0.3) is 5.95 Å². The van der Waals surface area contributed by atoms with Gasteiger partial charge in [0.05, 0.1) is 12.5 Å². The second-order valence-corrected chi connectivity index (χ2v) is 11.4. The minimum atomic E-state index is -1.19. The Morgan fingerprint density at radius 3 is 2.02 bits per heavy atom. The van der Waals surface area contributed by atoms with Crippen LogP contribution in [0.25, 0.3) is 0 Å². The molecule has 1 fully saturated rings. The van der Waals surface area contributed by atoms with E-state index in [1.807, 2.05) is 6.07 Å². The lowest BCUT2D eigenvalue weighted by Crippen LogP contribution is -2.24. The zero-order valence-corrected chi connectivity index (χ0v) is 24.7. The van der Waals surface area contributed by atoms with Gasteiger partial charge in [-0.3, -0.25) is 4.79 Å². The minimum Gasteiger partial charge on any atom is -0.475 e. The summed E-state index contributed by atoms with van der Waals surface area (Å²) in [5.41, 5.74) is 1.66. The van der Waals surface area contributed by atoms with Crippen LogP contribution < -0.4 is 4.74 Å². The molecule has 6 nitrogen and oxygen atoms in total. The Morgan fingerprint density at radius 2 is 1.45 bits per heavy atom. The molecule has 0 saturated heterocycles. The van der Waals surface area contributed by atoms with E-state index in [1.165, 1.54) is 69.8 Å². The molecule has 1 N–H and O–H groups in total. The number of furan rings is 1. The van der Waals surface area contributed by atoms with Gasteiger partial charge in [-0.2, -0.15) is 0 Å². The molecule has 1 aromatic heterocycles. The van der Waals surface area contributed by atoms with Crippen molar-refractivity contribution in [1.82, 2.24) is 0 Å². The molecule has 2 aromatic rings. The summed E-state index contributed by atoms with van der Waals surface area (Å²) in [5.74, 6) is -1.21. The van der Waals surface area contributed by atoms with Crippen LogP contribution in [0.2, 0.25) is 0 Å². The van der Waals surface area contributed by atoms with Crippen LogP contribution in [-0.2, 0) is 9.53 Å². The number of carbonyl (C=O) groups excluding carboxylic acids is 1. The molecule has 40 heavy (non-hydrogen) atoms. The topological polar surface area (TPSA) is 86.0 Å². The zero-order chi connectivity index (χ0) is 28.6. The van der Waals surface area contributed by atoms with E-state index < -0.39 is 12.1 Å². The molecule has 6 heteroatoms. The number of unbranched alkanes of at least 4 members (excludes halogenated alkanes) is 11. The Morgan fingerprint density at radius 1 is 0.875 bits per heavy atom. The van der Waals surface area contributed by atoms with Gasteiger partial charge < -0.3 is 19.0 Å². The molecule has 3 rings (SSSR count). The van der Waals surface area contributed by atoms with Crippen LogP contribution in [0.15, 0.2) is 40.8 Å². The Balaban J connectivity index is 1.34. The van der Waals surface area contributed by atoms with E-state index in [-0.39, 0.29) is 23.6 Å². The van der Waals surface area contributed by atoms with Crippen LogP contribution in [0.3, 0.4) is 0 Å². The number of aromatic carboxylic acids is 1. The van der Waals surface area contributed by atoms with Gasteiger partial charge in [-0.05, 0) is 50.5 Å². The molecule has 0 amide bonds. The first kappa shape index (κ1) is 31.8. The summed E-state index contributed by atoms with van der Waals surface area (Å²) < 4.78 is 16.9. The normalized spacial score (nSPS) is 17.9. The van der Waals surface area contributed by atoms with Crippen LogP contribution in [0.1, 0.15) is 150 Å². The smallest absolute Gasteiger partial charge is 0.372 e. The first-order chi connectivity index (χ1) is 19.5. The lowest BCUT2D eigenvalue weighted by atomic mass is 9.79. The highest BCUT2D eigenvalue weighted by atomic mass is 16.6. The van der Waals surface area contributed by atoms with Crippen molar-refractivity contribution >= 4 is 11.9 Å². The molecule has 222 valence electrons. The summed E-state index contributed by atoms with van der Waals surface area (Å²) in [6.45, 7) is 4.42. The summed E-state index contributed by atoms with van der Waals surface area (Å²) in [7, 11) is 0. The predicted octanol–water partition coefficient (Wildman–Crippen LogP) is 9.64. The van der Waals surface area contributed by atoms with Crippen LogP contribution in [0.4, 0.5) is 0 Å². The number of hydrogen-bond acceptors (Lipinski definition) is 5. The lowest BCUT2D eigenvalue weighted by molar-refractivity contribution is -0.154. The number of carbonyl (C=O) groups is 2. The maximum Gasteiger partial charge on any atom is 0.372 e. The molecule has 0 bridgehead atoms. The Bertz CT molecular complexity index is 989. The fourth-order valence-electron chi connectivity index (χ4n) is 5.76. The van der Waals surface area contributed by atoms with E-state index in [9.17, 15) is 14.7 Å². The van der Waals surface area contributed by atoms with Crippen LogP contribution in [-0.4, -0.2) is 23.7 Å². The van der Waals surface area contributed by atoms with Gasteiger partial charge in [0.1, 0.15) is 6.10 Å². The molecule has 1 aliphatic carbocycles. The van der Waals surface area contributed by atoms with Crippen molar-refractivity contribution in [2.75, 3.05) is 6.61 Å². The Kier molecular flexibility index (Phi) is 14.2. The van der Waals surface area contributed by atoms with Gasteiger partial charge in [0, 0.05) is 11.6 Å². The van der Waals surface area contributed by atoms with Gasteiger partial charge in [-0.25, -0.2) is 4.79 Å². The van der Waals surface area contributed by atoms with E-state index in [2.05, 4.69) is 31.2 Å². The average molecular weight is 555 g/mol. The molecule has 1 aromatic carbocycles. The van der Waals surface area contributed by atoms with Crippen LogP contribution >= 0.6 is 0 Å². The monoisotopic (exact) mass is 554 g/mol. The molecule has 1 atom stereocenters. The highest BCUT2D eigenvalue weighted by Crippen LogP contribution is 2.37. The van der Waals surface area contributed by atoms with E-state index in [1.54, 1.807) is 13.0 Å². The minimum absolute atomic E-state index is 0.163. The molecule has 1 aliphatic rings. The number of hydrogen-bond donors (Lipinski definition) is 1. The van der Waals surface area contributed by atoms with Crippen molar-refractivity contribution in [2.45, 2.75) is 129 Å². The van der Waals surface area contributed by atoms with Crippen molar-refractivity contribution in [3.8, 4) is 5.95 Å². The van der Waals surface area contributed by atoms with Gasteiger partial charge in [-0.15, -0.1) is 0 Å². The van der Waals surface area contributed by atoms with Crippen molar-refractivity contribution < 1.29 is 28.6 Å². The Labute approximate surface area is 240 Å². The third-order valence-corrected chi connectivity index (χ3v) is 8.24. The van der Waals surface area contributed by atoms with E-state index in [4.69, 9.17) is 13.9 Å². The van der Waals surface area contributed by atoms with E-state index in [0.717, 1.165) is 38.5 Å². The van der Waals surface area contributed by atoms with Gasteiger partial charge in [-0.1, -0.05) is 108 Å². The fraction of sp³-hybridized carbons (Fsp3) is 0.647. The second kappa shape index (κ2) is 17.8. The average Bonchev–Trinajstić information content (AvgIpc) is 3.41. The maximum atomic E-state index is 12.9. The summed E-state index contributed by atoms with van der Waals surface area (Å²) in [4.78, 5) is 24.7. The van der Waals surface area contributed by atoms with E-state index in [0.29, 0.717) is 18.1 Å². The predicted molar refractivity (Wildman–Crippen MR) is 158 cm³/mol. The molecule has 1 saturated carbocycles. The number of rotatable bonds is 19. The molecule has 0 radical (unpaired) electrons. The highest BCUT2D eigenvalue weighted by Gasteiger charge is 2.31. The number of carboxylic acids is 1. The SMILES string of the molecule is CCCCCCCCCCCCCCOc1cc(C(C)OC(=O)C2CCC(c3ccccc3)CC2)c(C(=O)O)o1. The first-order valence-corrected chi connectivity index (χ1v) is 15.7. The van der Waals surface area contributed by atoms with Crippen molar-refractivity contribution in [3.63, 3.8) is 0 Å². The molecule has 1 unspecified atom stereocenters. The number of carboxylic acid groups (broad SMARTS) is 1. The molecule has 0 aliphatic heterocycles. The fourth-order valence-corrected chi connectivity index (χ4v) is 5.76. The molecule has 0 spiro atoms. The zero-order valence-electron chi connectivity index (χ0n) is 24.7. The van der Waals surface area contributed by atoms with Gasteiger partial charge in [0.2, 0.25) is 5.76 Å². The highest BCUT2D eigenvalue weighted by molar-refractivity contribution is 5.86. The molecule has 1 heterocycles. The number of esters is 1. The Hall–Kier alpha value is -2.76. The maximum absolute atomic E-state index is 12.9. The quantitative estimate of drug-likeness (QED) is 0.137. The summed E-state index contributed by atoms with van der Waals surface area (Å²) >= 11 is 0. The largest absolute Gasteiger partial charge is 0.475 e. The second-order valence-electron chi connectivity index (χ2n) is 11.4. The summed E-state index contributed by atoms with van der Waals surface area (Å²) in [6, 6.07) is 12.0. The van der Waals surface area contributed by atoms with E-state index >= 15 is 0 Å². The van der Waals surface area contributed by atoms with Gasteiger partial charge in [0.15, 0.2) is 0 Å². The number of ether oxygens (including phenoxy) is 2. The lowest BCUT2D eigenvalue weighted by Gasteiger charge is -2.28.